The van der Waals surface area contributed by atoms with Crippen LogP contribution >= 0.6 is 0 Å². The monoisotopic (exact) mass is 223 g/mol. The first-order chi connectivity index (χ1) is 7.72. The van der Waals surface area contributed by atoms with E-state index in [-0.39, 0.29) is 5.60 Å². The lowest BCUT2D eigenvalue weighted by atomic mass is 9.96. The molecule has 1 N–H and O–H groups in total. The fourth-order valence-electron chi connectivity index (χ4n) is 1.83. The Balaban J connectivity index is 2.94. The van der Waals surface area contributed by atoms with Crippen LogP contribution in [0, 0.1) is 0 Å². The molecule has 0 aliphatic rings. The fourth-order valence-corrected chi connectivity index (χ4v) is 1.83. The Labute approximate surface area is 97.5 Å². The van der Waals surface area contributed by atoms with Crippen molar-refractivity contribution in [3.63, 3.8) is 0 Å². The van der Waals surface area contributed by atoms with Crippen LogP contribution in [0.5, 0.6) is 0 Å². The van der Waals surface area contributed by atoms with Crippen LogP contribution in [0.3, 0.4) is 0 Å². The first kappa shape index (κ1) is 13.1. The predicted octanol–water partition coefficient (Wildman–Crippen LogP) is 1.86. The zero-order valence-corrected chi connectivity index (χ0v) is 10.6. The van der Waals surface area contributed by atoms with Crippen LogP contribution in [-0.4, -0.2) is 24.1 Å². The summed E-state index contributed by atoms with van der Waals surface area (Å²) in [6.07, 6.45) is 5.48. The Morgan fingerprint density at radius 1 is 1.25 bits per heavy atom. The molecule has 0 aliphatic carbocycles. The summed E-state index contributed by atoms with van der Waals surface area (Å²) >= 11 is 0. The highest BCUT2D eigenvalue weighted by molar-refractivity contribution is 5.09. The molecule has 4 heteroatoms. The molecule has 1 aromatic heterocycles. The molecule has 0 spiro atoms. The van der Waals surface area contributed by atoms with Gasteiger partial charge in [0.25, 0.3) is 0 Å². The van der Waals surface area contributed by atoms with Gasteiger partial charge in [0.05, 0.1) is 0 Å². The maximum absolute atomic E-state index is 5.58. The molecular formula is C12H21N3O. The van der Waals surface area contributed by atoms with Gasteiger partial charge in [0.1, 0.15) is 5.60 Å². The SMILES string of the molecule is CCC(CC)(OC)c1ncc(CNC)cn1. The number of nitrogens with one attached hydrogen (secondary N) is 1. The fraction of sp³-hybridized carbons (Fsp3) is 0.667. The second-order valence-electron chi connectivity index (χ2n) is 3.85. The molecule has 0 saturated heterocycles. The number of methoxy groups -OCH3 is 1. The molecule has 0 fully saturated rings. The Bertz CT molecular complexity index is 298. The van der Waals surface area contributed by atoms with Gasteiger partial charge in [-0.3, -0.25) is 0 Å². The van der Waals surface area contributed by atoms with Crippen molar-refractivity contribution in [3.05, 3.63) is 23.8 Å². The highest BCUT2D eigenvalue weighted by atomic mass is 16.5. The van der Waals surface area contributed by atoms with E-state index in [1.54, 1.807) is 7.11 Å². The number of hydrogen-bond donors (Lipinski definition) is 1. The van der Waals surface area contributed by atoms with Gasteiger partial charge >= 0.3 is 0 Å². The van der Waals surface area contributed by atoms with Crippen LogP contribution in [0.2, 0.25) is 0 Å². The largest absolute Gasteiger partial charge is 0.370 e. The zero-order valence-electron chi connectivity index (χ0n) is 10.6. The quantitative estimate of drug-likeness (QED) is 0.799. The van der Waals surface area contributed by atoms with E-state index in [9.17, 15) is 0 Å². The first-order valence-corrected chi connectivity index (χ1v) is 5.73. The van der Waals surface area contributed by atoms with Gasteiger partial charge in [-0.2, -0.15) is 0 Å². The van der Waals surface area contributed by atoms with Gasteiger partial charge in [0, 0.05) is 31.6 Å². The Morgan fingerprint density at radius 3 is 2.19 bits per heavy atom. The molecule has 16 heavy (non-hydrogen) atoms. The van der Waals surface area contributed by atoms with Gasteiger partial charge in [-0.25, -0.2) is 9.97 Å². The van der Waals surface area contributed by atoms with E-state index in [4.69, 9.17) is 4.74 Å². The van der Waals surface area contributed by atoms with E-state index in [0.717, 1.165) is 30.8 Å². The normalized spacial score (nSPS) is 11.8. The van der Waals surface area contributed by atoms with Crippen LogP contribution in [0.4, 0.5) is 0 Å². The molecule has 0 radical (unpaired) electrons. The summed E-state index contributed by atoms with van der Waals surface area (Å²) in [5.41, 5.74) is 0.751. The van der Waals surface area contributed by atoms with E-state index < -0.39 is 0 Å². The molecule has 0 atom stereocenters. The van der Waals surface area contributed by atoms with E-state index in [1.165, 1.54) is 0 Å². The first-order valence-electron chi connectivity index (χ1n) is 5.73. The van der Waals surface area contributed by atoms with Crippen molar-refractivity contribution < 1.29 is 4.74 Å². The van der Waals surface area contributed by atoms with Crippen molar-refractivity contribution in [1.82, 2.24) is 15.3 Å². The van der Waals surface area contributed by atoms with Gasteiger partial charge in [-0.1, -0.05) is 13.8 Å². The van der Waals surface area contributed by atoms with Crippen molar-refractivity contribution >= 4 is 0 Å². The summed E-state index contributed by atoms with van der Waals surface area (Å²) in [6, 6.07) is 0. The summed E-state index contributed by atoms with van der Waals surface area (Å²) in [5.74, 6) is 0.778. The van der Waals surface area contributed by atoms with Gasteiger partial charge in [-0.05, 0) is 19.9 Å². The molecule has 1 rings (SSSR count). The van der Waals surface area contributed by atoms with Gasteiger partial charge < -0.3 is 10.1 Å². The molecule has 0 amide bonds. The molecule has 0 aliphatic heterocycles. The third-order valence-electron chi connectivity index (χ3n) is 3.03. The lowest BCUT2D eigenvalue weighted by Gasteiger charge is -2.28. The number of rotatable bonds is 6. The number of nitrogens with zero attached hydrogens (tertiary/aromatic N) is 2. The van der Waals surface area contributed by atoms with Crippen LogP contribution in [-0.2, 0) is 16.9 Å². The lowest BCUT2D eigenvalue weighted by molar-refractivity contribution is -0.0292. The zero-order chi connectivity index (χ0) is 12.0. The Morgan fingerprint density at radius 2 is 1.81 bits per heavy atom. The highest BCUT2D eigenvalue weighted by Gasteiger charge is 2.30. The van der Waals surface area contributed by atoms with Crippen molar-refractivity contribution in [2.45, 2.75) is 38.8 Å². The minimum absolute atomic E-state index is 0.335. The summed E-state index contributed by atoms with van der Waals surface area (Å²) in [4.78, 5) is 8.81. The van der Waals surface area contributed by atoms with Crippen molar-refractivity contribution in [2.24, 2.45) is 0 Å². The molecule has 1 aromatic rings. The number of aromatic nitrogens is 2. The lowest BCUT2D eigenvalue weighted by Crippen LogP contribution is -2.29. The molecular weight excluding hydrogens is 202 g/mol. The number of ether oxygens (including phenoxy) is 1. The minimum atomic E-state index is -0.335. The smallest absolute Gasteiger partial charge is 0.160 e. The van der Waals surface area contributed by atoms with Crippen LogP contribution in [0.15, 0.2) is 12.4 Å². The summed E-state index contributed by atoms with van der Waals surface area (Å²) in [5, 5.41) is 3.07. The minimum Gasteiger partial charge on any atom is -0.370 e. The van der Waals surface area contributed by atoms with Crippen LogP contribution < -0.4 is 5.32 Å². The average Bonchev–Trinajstić information content (AvgIpc) is 2.34. The molecule has 0 aromatic carbocycles. The van der Waals surface area contributed by atoms with Crippen LogP contribution in [0.25, 0.3) is 0 Å². The maximum atomic E-state index is 5.58. The van der Waals surface area contributed by atoms with Crippen molar-refractivity contribution in [1.29, 1.82) is 0 Å². The predicted molar refractivity (Wildman–Crippen MR) is 64.1 cm³/mol. The standard InChI is InChI=1S/C12H21N3O/c1-5-12(6-2,16-4)11-14-8-10(7-13-3)9-15-11/h8-9,13H,5-7H2,1-4H3. The van der Waals surface area contributed by atoms with Gasteiger partial charge in [-0.15, -0.1) is 0 Å². The van der Waals surface area contributed by atoms with Gasteiger partial charge in [0.15, 0.2) is 5.82 Å². The van der Waals surface area contributed by atoms with Crippen molar-refractivity contribution in [2.75, 3.05) is 14.2 Å². The number of hydrogen-bond acceptors (Lipinski definition) is 4. The van der Waals surface area contributed by atoms with Gasteiger partial charge in [0.2, 0.25) is 0 Å². The van der Waals surface area contributed by atoms with E-state index in [0.29, 0.717) is 0 Å². The second kappa shape index (κ2) is 5.92. The summed E-state index contributed by atoms with van der Waals surface area (Å²) in [6.45, 7) is 4.98. The summed E-state index contributed by atoms with van der Waals surface area (Å²) < 4.78 is 5.58. The van der Waals surface area contributed by atoms with Crippen molar-refractivity contribution in [3.8, 4) is 0 Å². The van der Waals surface area contributed by atoms with E-state index in [1.807, 2.05) is 19.4 Å². The molecule has 1 heterocycles. The molecule has 0 unspecified atom stereocenters. The maximum Gasteiger partial charge on any atom is 0.160 e. The van der Waals surface area contributed by atoms with E-state index >= 15 is 0 Å². The molecule has 0 saturated carbocycles. The van der Waals surface area contributed by atoms with E-state index in [2.05, 4.69) is 29.1 Å². The summed E-state index contributed by atoms with van der Waals surface area (Å²) in [7, 11) is 3.63. The third kappa shape index (κ3) is 2.57. The third-order valence-corrected chi connectivity index (χ3v) is 3.03. The Kier molecular flexibility index (Phi) is 4.83. The molecule has 4 nitrogen and oxygen atoms in total. The Hall–Kier alpha value is -1.00. The molecule has 0 bridgehead atoms. The topological polar surface area (TPSA) is 47.0 Å². The average molecular weight is 223 g/mol. The second-order valence-corrected chi connectivity index (χ2v) is 3.85. The molecule has 90 valence electrons. The van der Waals surface area contributed by atoms with Crippen LogP contribution in [0.1, 0.15) is 38.1 Å². The highest BCUT2D eigenvalue weighted by Crippen LogP contribution is 2.29.